The van der Waals surface area contributed by atoms with Gasteiger partial charge in [0.15, 0.2) is 0 Å². The van der Waals surface area contributed by atoms with Gasteiger partial charge in [0, 0.05) is 24.3 Å². The maximum absolute atomic E-state index is 11.0. The average Bonchev–Trinajstić information content (AvgIpc) is 1.97. The molecule has 7 heteroatoms. The van der Waals surface area contributed by atoms with Crippen LogP contribution in [0.3, 0.4) is 0 Å². The molecule has 0 rings (SSSR count). The Kier molecular flexibility index (Phi) is 5.76. The third-order valence-corrected chi connectivity index (χ3v) is 4.02. The summed E-state index contributed by atoms with van der Waals surface area (Å²) in [5.74, 6) is 0.155. The molecule has 0 aromatic rings. The molecule has 0 aromatic carbocycles. The molecule has 1 unspecified atom stereocenters. The Morgan fingerprint density at radius 1 is 1.07 bits per heavy atom. The zero-order valence-electron chi connectivity index (χ0n) is 9.36. The van der Waals surface area contributed by atoms with Crippen LogP contribution in [0.5, 0.6) is 0 Å². The van der Waals surface area contributed by atoms with E-state index in [0.29, 0.717) is 12.8 Å². The van der Waals surface area contributed by atoms with Crippen LogP contribution in [0.15, 0.2) is 0 Å². The van der Waals surface area contributed by atoms with Crippen molar-refractivity contribution in [3.8, 4) is 0 Å². The van der Waals surface area contributed by atoms with Gasteiger partial charge in [-0.2, -0.15) is 0 Å². The molecule has 1 atom stereocenters. The highest BCUT2D eigenvalue weighted by atomic mass is 32.2. The van der Waals surface area contributed by atoms with Crippen molar-refractivity contribution in [3.05, 3.63) is 0 Å². The van der Waals surface area contributed by atoms with E-state index in [0.717, 1.165) is 0 Å². The van der Waals surface area contributed by atoms with Crippen molar-refractivity contribution < 1.29 is 16.8 Å². The molecule has 15 heavy (non-hydrogen) atoms. The van der Waals surface area contributed by atoms with Crippen LogP contribution in [0.4, 0.5) is 0 Å². The predicted molar refractivity (Wildman–Crippen MR) is 61.5 cm³/mol. The van der Waals surface area contributed by atoms with Crippen LogP contribution in [0.2, 0.25) is 0 Å². The fourth-order valence-corrected chi connectivity index (χ4v) is 3.02. The normalized spacial score (nSPS) is 15.1. The van der Waals surface area contributed by atoms with E-state index in [1.807, 2.05) is 0 Å². The first-order chi connectivity index (χ1) is 6.64. The highest BCUT2D eigenvalue weighted by molar-refractivity contribution is 7.90. The minimum atomic E-state index is -3.01. The van der Waals surface area contributed by atoms with Gasteiger partial charge >= 0.3 is 0 Å². The first-order valence-corrected chi connectivity index (χ1v) is 8.79. The lowest BCUT2D eigenvalue weighted by molar-refractivity contribution is 0.536. The summed E-state index contributed by atoms with van der Waals surface area (Å²) in [6.07, 6.45) is 3.39. The first kappa shape index (κ1) is 14.9. The van der Waals surface area contributed by atoms with E-state index in [9.17, 15) is 16.8 Å². The van der Waals surface area contributed by atoms with Gasteiger partial charge in [0.2, 0.25) is 0 Å². The Labute approximate surface area is 92.1 Å². The Hall–Kier alpha value is -0.140. The van der Waals surface area contributed by atoms with Gasteiger partial charge in [-0.05, 0) is 19.9 Å². The highest BCUT2D eigenvalue weighted by Gasteiger charge is 2.14. The molecule has 0 saturated carbocycles. The fraction of sp³-hybridized carbons (Fsp3) is 1.00. The zero-order chi connectivity index (χ0) is 12.1. The average molecular weight is 257 g/mol. The van der Waals surface area contributed by atoms with Crippen molar-refractivity contribution >= 4 is 19.7 Å². The van der Waals surface area contributed by atoms with Gasteiger partial charge in [0.1, 0.15) is 19.7 Å². The highest BCUT2D eigenvalue weighted by Crippen LogP contribution is 2.02. The first-order valence-electron chi connectivity index (χ1n) is 4.67. The van der Waals surface area contributed by atoms with Gasteiger partial charge in [-0.1, -0.05) is 0 Å². The Morgan fingerprint density at radius 3 is 1.93 bits per heavy atom. The summed E-state index contributed by atoms with van der Waals surface area (Å²) in [6, 6.07) is -0.165. The fourth-order valence-electron chi connectivity index (χ4n) is 1.27. The molecule has 0 aliphatic carbocycles. The molecular formula is C8H19NO4S2. The van der Waals surface area contributed by atoms with Crippen LogP contribution in [-0.2, 0) is 19.7 Å². The summed E-state index contributed by atoms with van der Waals surface area (Å²) in [5, 5.41) is 2.87. The topological polar surface area (TPSA) is 80.3 Å². The van der Waals surface area contributed by atoms with Gasteiger partial charge in [0.25, 0.3) is 0 Å². The largest absolute Gasteiger partial charge is 0.316 e. The second-order valence-corrected chi connectivity index (χ2v) is 8.29. The van der Waals surface area contributed by atoms with E-state index in [1.54, 1.807) is 7.05 Å². The summed E-state index contributed by atoms with van der Waals surface area (Å²) in [6.45, 7) is 0. The molecule has 92 valence electrons. The SMILES string of the molecule is CNC(CCCS(C)(=O)=O)CS(C)(=O)=O. The molecule has 0 heterocycles. The summed E-state index contributed by atoms with van der Waals surface area (Å²) >= 11 is 0. The lowest BCUT2D eigenvalue weighted by Gasteiger charge is -2.14. The maximum atomic E-state index is 11.0. The minimum Gasteiger partial charge on any atom is -0.316 e. The maximum Gasteiger partial charge on any atom is 0.148 e. The van der Waals surface area contributed by atoms with Crippen molar-refractivity contribution in [2.24, 2.45) is 0 Å². The van der Waals surface area contributed by atoms with E-state index >= 15 is 0 Å². The summed E-state index contributed by atoms with van der Waals surface area (Å²) < 4.78 is 43.7. The molecule has 0 bridgehead atoms. The van der Waals surface area contributed by atoms with E-state index in [-0.39, 0.29) is 17.5 Å². The standard InChI is InChI=1S/C8H19NO4S2/c1-9-8(7-15(3,12)13)5-4-6-14(2,10)11/h8-9H,4-7H2,1-3H3. The van der Waals surface area contributed by atoms with Crippen molar-refractivity contribution in [1.82, 2.24) is 5.32 Å². The molecule has 0 aromatic heterocycles. The molecule has 0 amide bonds. The van der Waals surface area contributed by atoms with Crippen LogP contribution < -0.4 is 5.32 Å². The van der Waals surface area contributed by atoms with E-state index in [2.05, 4.69) is 5.32 Å². The number of hydrogen-bond acceptors (Lipinski definition) is 5. The molecular weight excluding hydrogens is 238 g/mol. The van der Waals surface area contributed by atoms with Gasteiger partial charge in [0.05, 0.1) is 5.75 Å². The summed E-state index contributed by atoms with van der Waals surface area (Å²) in [5.41, 5.74) is 0. The molecule has 0 aliphatic heterocycles. The Morgan fingerprint density at radius 2 is 1.60 bits per heavy atom. The van der Waals surface area contributed by atoms with E-state index < -0.39 is 19.7 Å². The quantitative estimate of drug-likeness (QED) is 0.661. The molecule has 0 aliphatic rings. The Balaban J connectivity index is 4.03. The minimum absolute atomic E-state index is 0.0489. The van der Waals surface area contributed by atoms with Crippen molar-refractivity contribution in [2.45, 2.75) is 18.9 Å². The number of hydrogen-bond donors (Lipinski definition) is 1. The van der Waals surface area contributed by atoms with Crippen molar-refractivity contribution in [3.63, 3.8) is 0 Å². The number of nitrogens with one attached hydrogen (secondary N) is 1. The van der Waals surface area contributed by atoms with Gasteiger partial charge in [-0.15, -0.1) is 0 Å². The summed E-state index contributed by atoms with van der Waals surface area (Å²) in [7, 11) is -4.29. The third-order valence-electron chi connectivity index (χ3n) is 1.98. The van der Waals surface area contributed by atoms with Crippen LogP contribution in [0.1, 0.15) is 12.8 Å². The third kappa shape index (κ3) is 10.1. The van der Waals surface area contributed by atoms with E-state index in [1.165, 1.54) is 12.5 Å². The van der Waals surface area contributed by atoms with Crippen LogP contribution in [0, 0.1) is 0 Å². The number of sulfone groups is 2. The van der Waals surface area contributed by atoms with Gasteiger partial charge in [-0.3, -0.25) is 0 Å². The van der Waals surface area contributed by atoms with Gasteiger partial charge < -0.3 is 5.32 Å². The molecule has 0 saturated heterocycles. The lowest BCUT2D eigenvalue weighted by Crippen LogP contribution is -2.33. The van der Waals surface area contributed by atoms with Crippen LogP contribution >= 0.6 is 0 Å². The molecule has 1 N–H and O–H groups in total. The summed E-state index contributed by atoms with van der Waals surface area (Å²) in [4.78, 5) is 0. The molecule has 0 fully saturated rings. The second-order valence-electron chi connectivity index (χ2n) is 3.85. The molecule has 0 spiro atoms. The van der Waals surface area contributed by atoms with Gasteiger partial charge in [-0.25, -0.2) is 16.8 Å². The monoisotopic (exact) mass is 257 g/mol. The van der Waals surface area contributed by atoms with Crippen LogP contribution in [0.25, 0.3) is 0 Å². The van der Waals surface area contributed by atoms with Crippen LogP contribution in [-0.4, -0.2) is 53.9 Å². The smallest absolute Gasteiger partial charge is 0.148 e. The predicted octanol–water partition coefficient (Wildman–Crippen LogP) is -0.556. The van der Waals surface area contributed by atoms with Crippen molar-refractivity contribution in [2.75, 3.05) is 31.1 Å². The zero-order valence-corrected chi connectivity index (χ0v) is 11.0. The second kappa shape index (κ2) is 5.81. The van der Waals surface area contributed by atoms with Crippen molar-refractivity contribution in [1.29, 1.82) is 0 Å². The Bertz CT molecular complexity index is 371. The lowest BCUT2D eigenvalue weighted by atomic mass is 10.2. The van der Waals surface area contributed by atoms with E-state index in [4.69, 9.17) is 0 Å². The number of rotatable bonds is 7. The molecule has 5 nitrogen and oxygen atoms in total. The molecule has 0 radical (unpaired) electrons.